The van der Waals surface area contributed by atoms with E-state index < -0.39 is 12.0 Å². The van der Waals surface area contributed by atoms with Gasteiger partial charge in [-0.15, -0.1) is 11.8 Å². The number of aliphatic carboxylic acids is 1. The second-order valence-corrected chi connectivity index (χ2v) is 7.64. The Morgan fingerprint density at radius 3 is 2.72 bits per heavy atom. The van der Waals surface area contributed by atoms with Crippen molar-refractivity contribution in [2.75, 3.05) is 12.9 Å². The summed E-state index contributed by atoms with van der Waals surface area (Å²) in [6.07, 6.45) is 0. The van der Waals surface area contributed by atoms with Crippen LogP contribution in [0.25, 0.3) is 0 Å². The third-order valence-electron chi connectivity index (χ3n) is 3.89. The molecular weight excluding hydrogens is 406 g/mol. The van der Waals surface area contributed by atoms with Gasteiger partial charge < -0.3 is 14.6 Å². The Hall–Kier alpha value is -1.70. The molecule has 1 saturated heterocycles. The first-order chi connectivity index (χ1) is 12.1. The van der Waals surface area contributed by atoms with Crippen LogP contribution in [-0.2, 0) is 11.4 Å². The number of methoxy groups -OCH3 is 1. The lowest BCUT2D eigenvalue weighted by Crippen LogP contribution is -2.33. The normalized spacial score (nSPS) is 19.6. The van der Waals surface area contributed by atoms with Crippen LogP contribution in [0.4, 0.5) is 0 Å². The van der Waals surface area contributed by atoms with Gasteiger partial charge in [0.2, 0.25) is 0 Å². The fourth-order valence-electron chi connectivity index (χ4n) is 2.52. The monoisotopic (exact) mass is 423 g/mol. The maximum absolute atomic E-state index is 11.2. The van der Waals surface area contributed by atoms with Crippen LogP contribution in [0, 0.1) is 0 Å². The Labute approximate surface area is 158 Å². The summed E-state index contributed by atoms with van der Waals surface area (Å²) in [5, 5.41) is 12.2. The molecule has 0 bridgehead atoms. The molecule has 0 radical (unpaired) electrons. The lowest BCUT2D eigenvalue weighted by molar-refractivity contribution is -0.138. The predicted octanol–water partition coefficient (Wildman–Crippen LogP) is 3.82. The minimum absolute atomic E-state index is 0.119. The molecule has 1 heterocycles. The van der Waals surface area contributed by atoms with Gasteiger partial charge in [-0.25, -0.2) is 0 Å². The van der Waals surface area contributed by atoms with Crippen molar-refractivity contribution in [1.82, 2.24) is 5.32 Å². The lowest BCUT2D eigenvalue weighted by atomic mass is 10.1. The van der Waals surface area contributed by atoms with Crippen molar-refractivity contribution in [3.63, 3.8) is 0 Å². The van der Waals surface area contributed by atoms with E-state index in [4.69, 9.17) is 9.47 Å². The summed E-state index contributed by atoms with van der Waals surface area (Å²) >= 11 is 4.98. The molecule has 25 heavy (non-hydrogen) atoms. The van der Waals surface area contributed by atoms with Crippen LogP contribution in [0.15, 0.2) is 46.9 Å². The Morgan fingerprint density at radius 2 is 2.08 bits per heavy atom. The number of carboxylic acid groups (broad SMARTS) is 1. The van der Waals surface area contributed by atoms with Gasteiger partial charge in [0, 0.05) is 21.9 Å². The van der Waals surface area contributed by atoms with E-state index in [9.17, 15) is 9.90 Å². The SMILES string of the molecule is COc1ccc(C2NC(C(=O)O)CS2)c(OCc2ccc(Br)cc2)c1. The van der Waals surface area contributed by atoms with E-state index in [-0.39, 0.29) is 5.37 Å². The van der Waals surface area contributed by atoms with Crippen LogP contribution in [0.3, 0.4) is 0 Å². The second-order valence-electron chi connectivity index (χ2n) is 5.59. The highest BCUT2D eigenvalue weighted by atomic mass is 79.9. The zero-order chi connectivity index (χ0) is 17.8. The predicted molar refractivity (Wildman–Crippen MR) is 101 cm³/mol. The topological polar surface area (TPSA) is 67.8 Å². The van der Waals surface area contributed by atoms with E-state index in [0.717, 1.165) is 15.6 Å². The van der Waals surface area contributed by atoms with E-state index in [1.807, 2.05) is 42.5 Å². The molecule has 0 spiro atoms. The number of halogens is 1. The number of benzene rings is 2. The van der Waals surface area contributed by atoms with Gasteiger partial charge in [-0.05, 0) is 29.8 Å². The van der Waals surface area contributed by atoms with Gasteiger partial charge in [0.15, 0.2) is 0 Å². The molecule has 1 fully saturated rings. The molecule has 5 nitrogen and oxygen atoms in total. The molecule has 2 N–H and O–H groups in total. The molecule has 3 rings (SSSR count). The van der Waals surface area contributed by atoms with E-state index in [0.29, 0.717) is 23.9 Å². The number of nitrogens with one attached hydrogen (secondary N) is 1. The van der Waals surface area contributed by atoms with Crippen LogP contribution in [0.2, 0.25) is 0 Å². The first kappa shape index (κ1) is 18.1. The number of rotatable bonds is 6. The van der Waals surface area contributed by atoms with E-state index in [1.54, 1.807) is 18.9 Å². The largest absolute Gasteiger partial charge is 0.497 e. The quantitative estimate of drug-likeness (QED) is 0.735. The molecule has 2 atom stereocenters. The lowest BCUT2D eigenvalue weighted by Gasteiger charge is -2.18. The summed E-state index contributed by atoms with van der Waals surface area (Å²) in [5.41, 5.74) is 1.97. The molecule has 1 aliphatic heterocycles. The van der Waals surface area contributed by atoms with Gasteiger partial charge in [-0.2, -0.15) is 0 Å². The van der Waals surface area contributed by atoms with Crippen molar-refractivity contribution < 1.29 is 19.4 Å². The molecule has 0 amide bonds. The molecule has 2 aromatic carbocycles. The first-order valence-electron chi connectivity index (χ1n) is 7.72. The van der Waals surface area contributed by atoms with Gasteiger partial charge in [0.1, 0.15) is 24.1 Å². The van der Waals surface area contributed by atoms with E-state index >= 15 is 0 Å². The third kappa shape index (κ3) is 4.48. The summed E-state index contributed by atoms with van der Waals surface area (Å²) in [6, 6.07) is 13.0. The zero-order valence-electron chi connectivity index (χ0n) is 13.6. The molecule has 2 unspecified atom stereocenters. The fraction of sp³-hybridized carbons (Fsp3) is 0.278. The van der Waals surface area contributed by atoms with Crippen molar-refractivity contribution in [2.45, 2.75) is 18.0 Å². The zero-order valence-corrected chi connectivity index (χ0v) is 16.0. The molecule has 0 saturated carbocycles. The highest BCUT2D eigenvalue weighted by Gasteiger charge is 2.32. The molecule has 0 aromatic heterocycles. The Bertz CT molecular complexity index is 753. The maximum Gasteiger partial charge on any atom is 0.321 e. The Balaban J connectivity index is 1.79. The van der Waals surface area contributed by atoms with Gasteiger partial charge in [0.25, 0.3) is 0 Å². The van der Waals surface area contributed by atoms with E-state index in [1.165, 1.54) is 0 Å². The highest BCUT2D eigenvalue weighted by Crippen LogP contribution is 2.39. The smallest absolute Gasteiger partial charge is 0.321 e. The summed E-state index contributed by atoms with van der Waals surface area (Å²) in [4.78, 5) is 11.2. The van der Waals surface area contributed by atoms with Crippen molar-refractivity contribution in [3.8, 4) is 11.5 Å². The number of hydrogen-bond donors (Lipinski definition) is 2. The molecular formula is C18H18BrNO4S. The number of hydrogen-bond acceptors (Lipinski definition) is 5. The van der Waals surface area contributed by atoms with Crippen LogP contribution >= 0.6 is 27.7 Å². The Morgan fingerprint density at radius 1 is 1.32 bits per heavy atom. The molecule has 132 valence electrons. The molecule has 0 aliphatic carbocycles. The van der Waals surface area contributed by atoms with Crippen LogP contribution in [0.1, 0.15) is 16.5 Å². The maximum atomic E-state index is 11.2. The summed E-state index contributed by atoms with van der Waals surface area (Å²) in [5.74, 6) is 1.09. The molecule has 1 aliphatic rings. The van der Waals surface area contributed by atoms with Crippen molar-refractivity contribution in [1.29, 1.82) is 0 Å². The second kappa shape index (κ2) is 8.12. The van der Waals surface area contributed by atoms with Crippen LogP contribution in [-0.4, -0.2) is 30.0 Å². The van der Waals surface area contributed by atoms with Crippen LogP contribution < -0.4 is 14.8 Å². The van der Waals surface area contributed by atoms with Gasteiger partial charge in [-0.3, -0.25) is 10.1 Å². The highest BCUT2D eigenvalue weighted by molar-refractivity contribution is 9.10. The standard InChI is InChI=1S/C18H18BrNO4S/c1-23-13-6-7-14(17-20-15(10-25-17)18(21)22)16(8-13)24-9-11-2-4-12(19)5-3-11/h2-8,15,17,20H,9-10H2,1H3,(H,21,22). The number of carbonyl (C=O) groups is 1. The van der Waals surface area contributed by atoms with Gasteiger partial charge >= 0.3 is 5.97 Å². The summed E-state index contributed by atoms with van der Waals surface area (Å²) in [6.45, 7) is 0.424. The summed E-state index contributed by atoms with van der Waals surface area (Å²) < 4.78 is 12.3. The van der Waals surface area contributed by atoms with Gasteiger partial charge in [0.05, 0.1) is 12.5 Å². The minimum Gasteiger partial charge on any atom is -0.497 e. The number of ether oxygens (including phenoxy) is 2. The number of carboxylic acids is 1. The first-order valence-corrected chi connectivity index (χ1v) is 9.56. The molecule has 2 aromatic rings. The molecule has 7 heteroatoms. The summed E-state index contributed by atoms with van der Waals surface area (Å²) in [7, 11) is 1.61. The average molecular weight is 424 g/mol. The van der Waals surface area contributed by atoms with Crippen molar-refractivity contribution in [2.24, 2.45) is 0 Å². The number of thioether (sulfide) groups is 1. The third-order valence-corrected chi connectivity index (χ3v) is 5.67. The van der Waals surface area contributed by atoms with Crippen LogP contribution in [0.5, 0.6) is 11.5 Å². The Kier molecular flexibility index (Phi) is 5.88. The fourth-order valence-corrected chi connectivity index (χ4v) is 4.04. The van der Waals surface area contributed by atoms with Crippen molar-refractivity contribution in [3.05, 3.63) is 58.1 Å². The average Bonchev–Trinajstić information content (AvgIpc) is 3.11. The van der Waals surface area contributed by atoms with Crippen molar-refractivity contribution >= 4 is 33.7 Å². The van der Waals surface area contributed by atoms with E-state index in [2.05, 4.69) is 21.2 Å². The minimum atomic E-state index is -0.833. The van der Waals surface area contributed by atoms with Gasteiger partial charge in [-0.1, -0.05) is 28.1 Å².